The third-order valence-electron chi connectivity index (χ3n) is 3.70. The summed E-state index contributed by atoms with van der Waals surface area (Å²) < 4.78 is 0. The van der Waals surface area contributed by atoms with Crippen LogP contribution in [0.25, 0.3) is 0 Å². The van der Waals surface area contributed by atoms with Gasteiger partial charge in [-0.1, -0.05) is 62.9 Å². The van der Waals surface area contributed by atoms with Crippen LogP contribution in [0.3, 0.4) is 0 Å². The molecule has 26 heavy (non-hydrogen) atoms. The number of hydrogen-bond donors (Lipinski definition) is 2. The summed E-state index contributed by atoms with van der Waals surface area (Å²) in [6.07, 6.45) is 0.137. The predicted molar refractivity (Wildman–Crippen MR) is 101 cm³/mol. The molecule has 1 aromatic heterocycles. The molecule has 0 fully saturated rings. The minimum atomic E-state index is -0.424. The Morgan fingerprint density at radius 3 is 2.50 bits per heavy atom. The zero-order chi connectivity index (χ0) is 19.2. The Labute approximate surface area is 157 Å². The SMILES string of the molecule is CC(C)(C)c1nc(SCC(=O)N(CCC(N)=O)Cc2ccccc2)n[nH]1. The van der Waals surface area contributed by atoms with Gasteiger partial charge < -0.3 is 10.6 Å². The first-order valence-corrected chi connectivity index (χ1v) is 9.40. The molecule has 3 N–H and O–H groups in total. The van der Waals surface area contributed by atoms with Crippen molar-refractivity contribution in [1.82, 2.24) is 20.1 Å². The van der Waals surface area contributed by atoms with E-state index in [1.165, 1.54) is 11.8 Å². The maximum Gasteiger partial charge on any atom is 0.233 e. The largest absolute Gasteiger partial charge is 0.370 e. The van der Waals surface area contributed by atoms with Crippen molar-refractivity contribution in [2.75, 3.05) is 12.3 Å². The number of H-pyrrole nitrogens is 1. The van der Waals surface area contributed by atoms with Gasteiger partial charge in [0.15, 0.2) is 0 Å². The molecule has 2 aromatic rings. The van der Waals surface area contributed by atoms with Gasteiger partial charge in [0.2, 0.25) is 17.0 Å². The highest BCUT2D eigenvalue weighted by atomic mass is 32.2. The second kappa shape index (κ2) is 8.84. The van der Waals surface area contributed by atoms with Crippen LogP contribution in [0.5, 0.6) is 0 Å². The maximum atomic E-state index is 12.6. The molecule has 0 bridgehead atoms. The average Bonchev–Trinajstić information content (AvgIpc) is 3.06. The first-order valence-electron chi connectivity index (χ1n) is 8.41. The summed E-state index contributed by atoms with van der Waals surface area (Å²) in [7, 11) is 0. The zero-order valence-electron chi connectivity index (χ0n) is 15.4. The first kappa shape index (κ1) is 20.0. The van der Waals surface area contributed by atoms with Crippen LogP contribution < -0.4 is 5.73 Å². The lowest BCUT2D eigenvalue weighted by atomic mass is 9.96. The highest BCUT2D eigenvalue weighted by molar-refractivity contribution is 7.99. The second-order valence-corrected chi connectivity index (χ2v) is 7.96. The molecule has 8 heteroatoms. The summed E-state index contributed by atoms with van der Waals surface area (Å²) in [6, 6.07) is 9.65. The summed E-state index contributed by atoms with van der Waals surface area (Å²) in [5.41, 5.74) is 6.11. The van der Waals surface area contributed by atoms with E-state index >= 15 is 0 Å². The van der Waals surface area contributed by atoms with Crippen molar-refractivity contribution < 1.29 is 9.59 Å². The number of rotatable bonds is 8. The van der Waals surface area contributed by atoms with E-state index in [2.05, 4.69) is 15.2 Å². The van der Waals surface area contributed by atoms with Crippen LogP contribution in [0.1, 0.15) is 38.6 Å². The number of nitrogens with zero attached hydrogens (tertiary/aromatic N) is 3. The summed E-state index contributed by atoms with van der Waals surface area (Å²) in [4.78, 5) is 29.8. The molecule has 0 aliphatic carbocycles. The van der Waals surface area contributed by atoms with Crippen molar-refractivity contribution in [3.8, 4) is 0 Å². The highest BCUT2D eigenvalue weighted by Gasteiger charge is 2.20. The minimum Gasteiger partial charge on any atom is -0.370 e. The summed E-state index contributed by atoms with van der Waals surface area (Å²) >= 11 is 1.28. The van der Waals surface area contributed by atoms with Crippen molar-refractivity contribution in [3.05, 3.63) is 41.7 Å². The van der Waals surface area contributed by atoms with E-state index in [0.717, 1.165) is 11.4 Å². The van der Waals surface area contributed by atoms with Gasteiger partial charge in [-0.25, -0.2) is 4.98 Å². The van der Waals surface area contributed by atoms with Gasteiger partial charge >= 0.3 is 0 Å². The third kappa shape index (κ3) is 6.18. The molecular weight excluding hydrogens is 350 g/mol. The molecule has 0 spiro atoms. The molecule has 1 heterocycles. The fourth-order valence-corrected chi connectivity index (χ4v) is 2.91. The van der Waals surface area contributed by atoms with E-state index in [1.54, 1.807) is 4.90 Å². The molecule has 2 rings (SSSR count). The summed E-state index contributed by atoms with van der Waals surface area (Å²) in [5, 5.41) is 7.60. The van der Waals surface area contributed by atoms with Gasteiger partial charge in [-0.15, -0.1) is 5.10 Å². The van der Waals surface area contributed by atoms with Crippen LogP contribution in [0.15, 0.2) is 35.5 Å². The number of carbonyl (C=O) groups excluding carboxylic acids is 2. The quantitative estimate of drug-likeness (QED) is 0.688. The molecule has 0 saturated carbocycles. The van der Waals surface area contributed by atoms with Crippen molar-refractivity contribution >= 4 is 23.6 Å². The fraction of sp³-hybridized carbons (Fsp3) is 0.444. The molecule has 0 atom stereocenters. The number of nitrogens with one attached hydrogen (secondary N) is 1. The van der Waals surface area contributed by atoms with Gasteiger partial charge in [0.25, 0.3) is 0 Å². The number of primary amides is 1. The Morgan fingerprint density at radius 2 is 1.92 bits per heavy atom. The van der Waals surface area contributed by atoms with Gasteiger partial charge in [0, 0.05) is 24.9 Å². The number of nitrogens with two attached hydrogens (primary N) is 1. The molecule has 0 radical (unpaired) electrons. The number of aromatic amines is 1. The molecule has 0 aliphatic rings. The molecule has 0 unspecified atom stereocenters. The molecule has 1 aromatic carbocycles. The molecule has 2 amide bonds. The van der Waals surface area contributed by atoms with Crippen molar-refractivity contribution in [2.24, 2.45) is 5.73 Å². The normalized spacial score (nSPS) is 11.3. The number of thioether (sulfide) groups is 1. The lowest BCUT2D eigenvalue weighted by Crippen LogP contribution is -2.34. The van der Waals surface area contributed by atoms with Crippen molar-refractivity contribution in [2.45, 2.75) is 44.3 Å². The monoisotopic (exact) mass is 375 g/mol. The standard InChI is InChI=1S/C18H25N5O2S/c1-18(2,3)16-20-17(22-21-16)26-12-15(25)23(10-9-14(19)24)11-13-7-5-4-6-8-13/h4-8H,9-12H2,1-3H3,(H2,19,24)(H,20,21,22). The van der Waals surface area contributed by atoms with Gasteiger partial charge in [0.05, 0.1) is 5.75 Å². The zero-order valence-corrected chi connectivity index (χ0v) is 16.2. The lowest BCUT2D eigenvalue weighted by molar-refractivity contribution is -0.129. The van der Waals surface area contributed by atoms with E-state index in [4.69, 9.17) is 5.73 Å². The lowest BCUT2D eigenvalue weighted by Gasteiger charge is -2.22. The minimum absolute atomic E-state index is 0.0813. The van der Waals surface area contributed by atoms with Gasteiger partial charge in [-0.2, -0.15) is 0 Å². The molecule has 0 saturated heterocycles. The Hall–Kier alpha value is -2.35. The van der Waals surface area contributed by atoms with Crippen LogP contribution in [0, 0.1) is 0 Å². The predicted octanol–water partition coefficient (Wildman–Crippen LogP) is 2.10. The van der Waals surface area contributed by atoms with Crippen LogP contribution in [0.2, 0.25) is 0 Å². The molecule has 7 nitrogen and oxygen atoms in total. The number of amides is 2. The first-order chi connectivity index (χ1) is 12.3. The molecular formula is C18H25N5O2S. The van der Waals surface area contributed by atoms with Gasteiger partial charge in [0.1, 0.15) is 5.82 Å². The highest BCUT2D eigenvalue weighted by Crippen LogP contribution is 2.21. The maximum absolute atomic E-state index is 12.6. The number of aromatic nitrogens is 3. The van der Waals surface area contributed by atoms with E-state index in [0.29, 0.717) is 18.2 Å². The van der Waals surface area contributed by atoms with Crippen LogP contribution >= 0.6 is 11.8 Å². The second-order valence-electron chi connectivity index (χ2n) is 7.02. The van der Waals surface area contributed by atoms with E-state index in [-0.39, 0.29) is 23.5 Å². The number of benzene rings is 1. The average molecular weight is 375 g/mol. The summed E-state index contributed by atoms with van der Waals surface area (Å²) in [6.45, 7) is 6.86. The number of hydrogen-bond acceptors (Lipinski definition) is 5. The van der Waals surface area contributed by atoms with Crippen LogP contribution in [-0.2, 0) is 21.5 Å². The molecule has 0 aliphatic heterocycles. The van der Waals surface area contributed by atoms with Gasteiger partial charge in [-0.05, 0) is 5.56 Å². The Bertz CT molecular complexity index is 740. The van der Waals surface area contributed by atoms with Gasteiger partial charge in [-0.3, -0.25) is 14.7 Å². The number of carbonyl (C=O) groups is 2. The third-order valence-corrected chi connectivity index (χ3v) is 4.53. The Kier molecular flexibility index (Phi) is 6.79. The fourth-order valence-electron chi connectivity index (χ4n) is 2.20. The van der Waals surface area contributed by atoms with Crippen LogP contribution in [-0.4, -0.2) is 44.2 Å². The van der Waals surface area contributed by atoms with Crippen molar-refractivity contribution in [1.29, 1.82) is 0 Å². The van der Waals surface area contributed by atoms with Crippen LogP contribution in [0.4, 0.5) is 0 Å². The summed E-state index contributed by atoms with van der Waals surface area (Å²) in [5.74, 6) is 0.476. The Balaban J connectivity index is 1.98. The smallest absolute Gasteiger partial charge is 0.233 e. The Morgan fingerprint density at radius 1 is 1.23 bits per heavy atom. The molecule has 140 valence electrons. The van der Waals surface area contributed by atoms with E-state index in [9.17, 15) is 9.59 Å². The van der Waals surface area contributed by atoms with Crippen molar-refractivity contribution in [3.63, 3.8) is 0 Å². The topological polar surface area (TPSA) is 105 Å². The van der Waals surface area contributed by atoms with E-state index in [1.807, 2.05) is 51.1 Å². The van der Waals surface area contributed by atoms with E-state index < -0.39 is 5.91 Å².